The van der Waals surface area contributed by atoms with Gasteiger partial charge in [-0.15, -0.1) is 0 Å². The van der Waals surface area contributed by atoms with E-state index in [1.54, 1.807) is 6.07 Å². The van der Waals surface area contributed by atoms with Crippen LogP contribution in [0.4, 0.5) is 14.5 Å². The molecule has 0 aromatic heterocycles. The molecule has 2 aliphatic rings. The van der Waals surface area contributed by atoms with Crippen LogP contribution in [0.25, 0.3) is 0 Å². The molecule has 9 nitrogen and oxygen atoms in total. The molecule has 2 saturated heterocycles. The van der Waals surface area contributed by atoms with Crippen LogP contribution in [0.15, 0.2) is 46.2 Å². The van der Waals surface area contributed by atoms with E-state index in [4.69, 9.17) is 9.47 Å². The number of nitrogens with zero attached hydrogens (tertiary/aromatic N) is 2. The number of nitrogens with one attached hydrogen (secondary N) is 1. The van der Waals surface area contributed by atoms with Crippen LogP contribution in [-0.2, 0) is 24.8 Å². The molecule has 1 N–H and O–H groups in total. The molecule has 2 aliphatic heterocycles. The zero-order chi connectivity index (χ0) is 25.2. The smallest absolute Gasteiger partial charge is 0.246 e. The Labute approximate surface area is 203 Å². The molecule has 0 radical (unpaired) electrons. The number of piperazine rings is 1. The van der Waals surface area contributed by atoms with E-state index in [2.05, 4.69) is 4.72 Å². The van der Waals surface area contributed by atoms with Crippen molar-refractivity contribution >= 4 is 25.7 Å². The molecule has 2 fully saturated rings. The maximum absolute atomic E-state index is 14.1. The molecule has 13 heteroatoms. The van der Waals surface area contributed by atoms with Crippen molar-refractivity contribution in [1.29, 1.82) is 0 Å². The Bertz CT molecular complexity index is 1280. The molecule has 0 aliphatic carbocycles. The second kappa shape index (κ2) is 10.3. The highest BCUT2D eigenvalue weighted by molar-refractivity contribution is 7.89. The van der Waals surface area contributed by atoms with Crippen LogP contribution in [-0.4, -0.2) is 73.7 Å². The van der Waals surface area contributed by atoms with E-state index >= 15 is 0 Å². The van der Waals surface area contributed by atoms with Gasteiger partial charge in [-0.05, 0) is 43.2 Å². The minimum absolute atomic E-state index is 0.0244. The van der Waals surface area contributed by atoms with E-state index in [-0.39, 0.29) is 43.7 Å². The molecule has 2 aromatic carbocycles. The second-order valence-electron chi connectivity index (χ2n) is 8.29. The average molecular weight is 532 g/mol. The number of methoxy groups -OCH3 is 1. The summed E-state index contributed by atoms with van der Waals surface area (Å²) in [5, 5.41) is 0. The highest BCUT2D eigenvalue weighted by Crippen LogP contribution is 2.32. The lowest BCUT2D eigenvalue weighted by molar-refractivity contribution is 0.114. The van der Waals surface area contributed by atoms with Gasteiger partial charge >= 0.3 is 0 Å². The summed E-state index contributed by atoms with van der Waals surface area (Å²) < 4.78 is 93.3. The molecule has 0 amide bonds. The lowest BCUT2D eigenvalue weighted by Crippen LogP contribution is -2.49. The third-order valence-electron chi connectivity index (χ3n) is 6.08. The zero-order valence-corrected chi connectivity index (χ0v) is 20.7. The zero-order valence-electron chi connectivity index (χ0n) is 19.1. The Balaban J connectivity index is 1.49. The van der Waals surface area contributed by atoms with Crippen LogP contribution >= 0.6 is 0 Å². The number of ether oxygens (including phenoxy) is 2. The van der Waals surface area contributed by atoms with Crippen LogP contribution in [0.2, 0.25) is 0 Å². The number of sulfonamides is 2. The number of rotatable bonds is 8. The normalized spacial score (nSPS) is 19.7. The first-order valence-electron chi connectivity index (χ1n) is 11.1. The first kappa shape index (κ1) is 25.8. The molecule has 0 bridgehead atoms. The number of benzene rings is 2. The predicted molar refractivity (Wildman–Crippen MR) is 124 cm³/mol. The summed E-state index contributed by atoms with van der Waals surface area (Å²) in [6, 6.07) is 6.82. The highest BCUT2D eigenvalue weighted by Gasteiger charge is 2.32. The van der Waals surface area contributed by atoms with Crippen molar-refractivity contribution in [2.75, 3.05) is 51.3 Å². The molecule has 0 saturated carbocycles. The van der Waals surface area contributed by atoms with Crippen molar-refractivity contribution < 1.29 is 35.1 Å². The summed E-state index contributed by atoms with van der Waals surface area (Å²) >= 11 is 0. The van der Waals surface area contributed by atoms with Gasteiger partial charge in [0, 0.05) is 45.4 Å². The average Bonchev–Trinajstić information content (AvgIpc) is 3.36. The lowest BCUT2D eigenvalue weighted by Gasteiger charge is -2.36. The van der Waals surface area contributed by atoms with Gasteiger partial charge in [-0.3, -0.25) is 0 Å². The Hall–Kier alpha value is -2.32. The van der Waals surface area contributed by atoms with E-state index in [0.29, 0.717) is 24.1 Å². The van der Waals surface area contributed by atoms with Gasteiger partial charge < -0.3 is 14.4 Å². The van der Waals surface area contributed by atoms with Crippen LogP contribution in [0.3, 0.4) is 0 Å². The van der Waals surface area contributed by atoms with E-state index in [1.165, 1.54) is 19.2 Å². The maximum atomic E-state index is 14.1. The Morgan fingerprint density at radius 2 is 1.80 bits per heavy atom. The second-order valence-corrected chi connectivity index (χ2v) is 12.0. The van der Waals surface area contributed by atoms with E-state index in [1.807, 2.05) is 4.90 Å². The third-order valence-corrected chi connectivity index (χ3v) is 9.43. The summed E-state index contributed by atoms with van der Waals surface area (Å²) in [6.07, 6.45) is 1.54. The van der Waals surface area contributed by atoms with E-state index in [0.717, 1.165) is 29.3 Å². The largest absolute Gasteiger partial charge is 0.495 e. The van der Waals surface area contributed by atoms with Gasteiger partial charge in [-0.2, -0.15) is 4.31 Å². The first-order valence-corrected chi connectivity index (χ1v) is 14.0. The number of anilines is 1. The van der Waals surface area contributed by atoms with Crippen LogP contribution in [0.1, 0.15) is 12.8 Å². The summed E-state index contributed by atoms with van der Waals surface area (Å²) in [6.45, 7) is 1.28. The lowest BCUT2D eigenvalue weighted by atomic mass is 10.2. The quantitative estimate of drug-likeness (QED) is 0.555. The number of hydrogen-bond donors (Lipinski definition) is 1. The standard InChI is InChI=1S/C22H27F2N3O6S2/c1-32-21-6-5-18(34(28,29)25-15-17-3-2-12-33-17)14-20(21)26-8-10-27(11-9-26)35(30,31)22-7-4-16(23)13-19(22)24/h4-7,13-14,17,25H,2-3,8-12,15H2,1H3/t17-/m0/s1. The Kier molecular flexibility index (Phi) is 7.62. The predicted octanol–water partition coefficient (Wildman–Crippen LogP) is 1.94. The van der Waals surface area contributed by atoms with Gasteiger partial charge in [0.05, 0.1) is 23.8 Å². The summed E-state index contributed by atoms with van der Waals surface area (Å²) in [5.74, 6) is -1.58. The molecule has 4 rings (SSSR count). The molecule has 2 aromatic rings. The molecule has 192 valence electrons. The molecular weight excluding hydrogens is 504 g/mol. The first-order chi connectivity index (χ1) is 16.6. The summed E-state index contributed by atoms with van der Waals surface area (Å²) in [5.41, 5.74) is 0.498. The van der Waals surface area contributed by atoms with Crippen molar-refractivity contribution in [3.63, 3.8) is 0 Å². The minimum Gasteiger partial charge on any atom is -0.495 e. The molecule has 0 unspecified atom stereocenters. The summed E-state index contributed by atoms with van der Waals surface area (Å²) in [7, 11) is -6.51. The van der Waals surface area contributed by atoms with Gasteiger partial charge in [0.15, 0.2) is 0 Å². The molecule has 2 heterocycles. The van der Waals surface area contributed by atoms with Gasteiger partial charge in [0.1, 0.15) is 22.3 Å². The van der Waals surface area contributed by atoms with Gasteiger partial charge in [0.2, 0.25) is 20.0 Å². The van der Waals surface area contributed by atoms with Crippen molar-refractivity contribution in [1.82, 2.24) is 9.03 Å². The number of halogens is 2. The minimum atomic E-state index is -4.16. The molecular formula is C22H27F2N3O6S2. The fraction of sp³-hybridized carbons (Fsp3) is 0.455. The number of hydrogen-bond acceptors (Lipinski definition) is 7. The van der Waals surface area contributed by atoms with E-state index < -0.39 is 36.6 Å². The Morgan fingerprint density at radius 1 is 1.06 bits per heavy atom. The fourth-order valence-corrected chi connectivity index (χ4v) is 6.72. The molecule has 35 heavy (non-hydrogen) atoms. The van der Waals surface area contributed by atoms with Crippen LogP contribution < -0.4 is 14.4 Å². The molecule has 0 spiro atoms. The van der Waals surface area contributed by atoms with Crippen molar-refractivity contribution in [3.8, 4) is 5.75 Å². The monoisotopic (exact) mass is 531 g/mol. The van der Waals surface area contributed by atoms with Crippen molar-refractivity contribution in [2.24, 2.45) is 0 Å². The SMILES string of the molecule is COc1ccc(S(=O)(=O)NC[C@@H]2CCCO2)cc1N1CCN(S(=O)(=O)c2ccc(F)cc2F)CC1. The highest BCUT2D eigenvalue weighted by atomic mass is 32.2. The van der Waals surface area contributed by atoms with Crippen LogP contribution in [0.5, 0.6) is 5.75 Å². The Morgan fingerprint density at radius 3 is 2.43 bits per heavy atom. The van der Waals surface area contributed by atoms with Gasteiger partial charge in [-0.1, -0.05) is 0 Å². The summed E-state index contributed by atoms with van der Waals surface area (Å²) in [4.78, 5) is 1.27. The topological polar surface area (TPSA) is 105 Å². The maximum Gasteiger partial charge on any atom is 0.246 e. The van der Waals surface area contributed by atoms with E-state index in [9.17, 15) is 25.6 Å². The third kappa shape index (κ3) is 5.59. The van der Waals surface area contributed by atoms with Crippen LogP contribution in [0, 0.1) is 11.6 Å². The van der Waals surface area contributed by atoms with Gasteiger partial charge in [-0.25, -0.2) is 30.3 Å². The fourth-order valence-electron chi connectivity index (χ4n) is 4.17. The van der Waals surface area contributed by atoms with Crippen molar-refractivity contribution in [2.45, 2.75) is 28.7 Å². The van der Waals surface area contributed by atoms with Crippen molar-refractivity contribution in [3.05, 3.63) is 48.0 Å². The van der Waals surface area contributed by atoms with Gasteiger partial charge in [0.25, 0.3) is 0 Å². The molecule has 1 atom stereocenters.